The summed E-state index contributed by atoms with van der Waals surface area (Å²) in [6.07, 6.45) is 2.29. The van der Waals surface area contributed by atoms with E-state index in [1.807, 2.05) is 38.1 Å². The quantitative estimate of drug-likeness (QED) is 0.546. The number of carboxylic acid groups (broad SMARTS) is 1. The van der Waals surface area contributed by atoms with E-state index in [0.717, 1.165) is 22.9 Å². The Morgan fingerprint density at radius 2 is 1.96 bits per heavy atom. The van der Waals surface area contributed by atoms with Gasteiger partial charge in [-0.15, -0.1) is 0 Å². The van der Waals surface area contributed by atoms with E-state index in [2.05, 4.69) is 5.32 Å². The number of hydrogen-bond acceptors (Lipinski definition) is 6. The zero-order chi connectivity index (χ0) is 20.1. The summed E-state index contributed by atoms with van der Waals surface area (Å²) in [4.78, 5) is 37.7. The molecule has 0 spiro atoms. The lowest BCUT2D eigenvalue weighted by Gasteiger charge is -2.26. The van der Waals surface area contributed by atoms with E-state index in [1.54, 1.807) is 13.0 Å². The highest BCUT2D eigenvalue weighted by Gasteiger charge is 2.34. The number of rotatable bonds is 7. The number of amides is 2. The van der Waals surface area contributed by atoms with E-state index >= 15 is 0 Å². The van der Waals surface area contributed by atoms with Crippen molar-refractivity contribution in [3.05, 3.63) is 40.3 Å². The van der Waals surface area contributed by atoms with Crippen molar-refractivity contribution in [2.24, 2.45) is 5.92 Å². The molecule has 1 fully saturated rings. The summed E-state index contributed by atoms with van der Waals surface area (Å²) in [5.41, 5.74) is 1.97. The molecule has 0 radical (unpaired) electrons. The number of thioether (sulfide) groups is 1. The van der Waals surface area contributed by atoms with Gasteiger partial charge in [0.1, 0.15) is 10.9 Å². The van der Waals surface area contributed by atoms with Gasteiger partial charge in [-0.2, -0.15) is 0 Å². The van der Waals surface area contributed by atoms with Gasteiger partial charge in [0.15, 0.2) is 0 Å². The van der Waals surface area contributed by atoms with Gasteiger partial charge in [0, 0.05) is 0 Å². The number of nitrogens with one attached hydrogen (secondary N) is 1. The van der Waals surface area contributed by atoms with Crippen LogP contribution in [0, 0.1) is 12.8 Å². The molecular formula is C19H21N2O4S2-. The predicted octanol–water partition coefficient (Wildman–Crippen LogP) is 1.48. The van der Waals surface area contributed by atoms with Crippen LogP contribution in [0.15, 0.2) is 29.2 Å². The number of aryl methyl sites for hydroxylation is 1. The first-order chi connectivity index (χ1) is 12.7. The van der Waals surface area contributed by atoms with Crippen molar-refractivity contribution in [3.63, 3.8) is 0 Å². The van der Waals surface area contributed by atoms with E-state index in [0.29, 0.717) is 11.3 Å². The highest BCUT2D eigenvalue weighted by Crippen LogP contribution is 2.32. The molecule has 2 amide bonds. The second-order valence-electron chi connectivity index (χ2n) is 6.43. The Bertz CT molecular complexity index is 789. The standard InChI is InChI=1S/C19H22N2O4S2/c1-4-12(3)16(18(24)25)20-15(22)10-21-17(23)14(27-19(21)26)9-13-7-5-11(2)6-8-13/h5-9,12,16H,4,10H2,1-3H3,(H,20,22)(H,24,25)/p-1/b14-9+/t12-,16-/m1/s1. The van der Waals surface area contributed by atoms with Crippen molar-refractivity contribution in [3.8, 4) is 0 Å². The average Bonchev–Trinajstić information content (AvgIpc) is 2.88. The van der Waals surface area contributed by atoms with Gasteiger partial charge in [0.25, 0.3) is 5.91 Å². The molecule has 0 saturated carbocycles. The topological polar surface area (TPSA) is 89.5 Å². The largest absolute Gasteiger partial charge is 0.548 e. The SMILES string of the molecule is CC[C@@H](C)[C@@H](NC(=O)CN1C(=O)/C(=C\c2ccc(C)cc2)SC1=S)C(=O)[O-]. The Hall–Kier alpha value is -2.19. The zero-order valence-corrected chi connectivity index (χ0v) is 17.0. The van der Waals surface area contributed by atoms with Crippen molar-refractivity contribution in [2.75, 3.05) is 6.54 Å². The molecule has 0 aromatic heterocycles. The van der Waals surface area contributed by atoms with Gasteiger partial charge in [-0.3, -0.25) is 14.5 Å². The lowest BCUT2D eigenvalue weighted by atomic mass is 9.99. The second kappa shape index (κ2) is 9.14. The van der Waals surface area contributed by atoms with Gasteiger partial charge in [0.05, 0.1) is 16.9 Å². The van der Waals surface area contributed by atoms with E-state index < -0.39 is 17.9 Å². The maximum atomic E-state index is 12.6. The molecule has 8 heteroatoms. The molecule has 1 N–H and O–H groups in total. The molecule has 1 aromatic carbocycles. The molecule has 2 rings (SSSR count). The number of carbonyl (C=O) groups is 3. The highest BCUT2D eigenvalue weighted by atomic mass is 32.2. The summed E-state index contributed by atoms with van der Waals surface area (Å²) < 4.78 is 0.266. The lowest BCUT2D eigenvalue weighted by molar-refractivity contribution is -0.309. The normalized spacial score (nSPS) is 17.9. The van der Waals surface area contributed by atoms with Crippen LogP contribution in [0.2, 0.25) is 0 Å². The molecule has 27 heavy (non-hydrogen) atoms. The molecule has 1 aliphatic heterocycles. The third-order valence-electron chi connectivity index (χ3n) is 4.33. The van der Waals surface area contributed by atoms with Crippen LogP contribution in [0.25, 0.3) is 6.08 Å². The van der Waals surface area contributed by atoms with Gasteiger partial charge >= 0.3 is 0 Å². The third kappa shape index (κ3) is 5.40. The Morgan fingerprint density at radius 3 is 2.52 bits per heavy atom. The first-order valence-corrected chi connectivity index (χ1v) is 9.77. The van der Waals surface area contributed by atoms with Crippen LogP contribution in [0.4, 0.5) is 0 Å². The molecule has 144 valence electrons. The minimum atomic E-state index is -1.35. The first-order valence-electron chi connectivity index (χ1n) is 8.55. The number of benzene rings is 1. The number of aliphatic carboxylic acids is 1. The van der Waals surface area contributed by atoms with E-state index in [9.17, 15) is 19.5 Å². The molecule has 1 aliphatic rings. The molecule has 0 bridgehead atoms. The predicted molar refractivity (Wildman–Crippen MR) is 107 cm³/mol. The van der Waals surface area contributed by atoms with Crippen molar-refractivity contribution in [1.29, 1.82) is 0 Å². The fourth-order valence-electron chi connectivity index (χ4n) is 2.48. The van der Waals surface area contributed by atoms with E-state index in [1.165, 1.54) is 4.90 Å². The Kier molecular flexibility index (Phi) is 7.15. The fourth-order valence-corrected chi connectivity index (χ4v) is 3.74. The van der Waals surface area contributed by atoms with E-state index in [-0.39, 0.29) is 22.7 Å². The van der Waals surface area contributed by atoms with Crippen molar-refractivity contribution >= 4 is 52.2 Å². The summed E-state index contributed by atoms with van der Waals surface area (Å²) >= 11 is 6.33. The number of nitrogens with zero attached hydrogens (tertiary/aromatic N) is 1. The van der Waals surface area contributed by atoms with Crippen LogP contribution in [0.1, 0.15) is 31.4 Å². The monoisotopic (exact) mass is 405 g/mol. The van der Waals surface area contributed by atoms with Crippen molar-refractivity contribution in [2.45, 2.75) is 33.2 Å². The van der Waals surface area contributed by atoms with Gasteiger partial charge < -0.3 is 15.2 Å². The Labute approximate surface area is 168 Å². The minimum Gasteiger partial charge on any atom is -0.548 e. The molecule has 2 atom stereocenters. The molecule has 1 saturated heterocycles. The van der Waals surface area contributed by atoms with E-state index in [4.69, 9.17) is 12.2 Å². The van der Waals surface area contributed by atoms with Gasteiger partial charge in [-0.1, -0.05) is 74.1 Å². The number of carboxylic acids is 1. The Balaban J connectivity index is 2.07. The van der Waals surface area contributed by atoms with Crippen LogP contribution in [-0.4, -0.2) is 39.6 Å². The summed E-state index contributed by atoms with van der Waals surface area (Å²) in [6.45, 7) is 5.19. The highest BCUT2D eigenvalue weighted by molar-refractivity contribution is 8.26. The number of carbonyl (C=O) groups excluding carboxylic acids is 3. The average molecular weight is 406 g/mol. The van der Waals surface area contributed by atoms with Crippen LogP contribution >= 0.6 is 24.0 Å². The van der Waals surface area contributed by atoms with Crippen LogP contribution in [-0.2, 0) is 14.4 Å². The first kappa shape index (κ1) is 21.1. The number of thiocarbonyl (C=S) groups is 1. The third-order valence-corrected chi connectivity index (χ3v) is 5.71. The summed E-state index contributed by atoms with van der Waals surface area (Å²) in [5.74, 6) is -2.58. The van der Waals surface area contributed by atoms with Crippen LogP contribution < -0.4 is 10.4 Å². The summed E-state index contributed by atoms with van der Waals surface area (Å²) in [6, 6.07) is 6.56. The maximum Gasteiger partial charge on any atom is 0.266 e. The fraction of sp³-hybridized carbons (Fsp3) is 0.368. The van der Waals surface area contributed by atoms with Gasteiger partial charge in [0.2, 0.25) is 5.91 Å². The maximum absolute atomic E-state index is 12.6. The Morgan fingerprint density at radius 1 is 1.33 bits per heavy atom. The number of hydrogen-bond donors (Lipinski definition) is 1. The van der Waals surface area contributed by atoms with Gasteiger partial charge in [-0.05, 0) is 24.5 Å². The molecule has 0 aliphatic carbocycles. The smallest absolute Gasteiger partial charge is 0.266 e. The van der Waals surface area contributed by atoms with Crippen LogP contribution in [0.3, 0.4) is 0 Å². The summed E-state index contributed by atoms with van der Waals surface area (Å²) in [7, 11) is 0. The molecule has 0 unspecified atom stereocenters. The van der Waals surface area contributed by atoms with Crippen molar-refractivity contribution in [1.82, 2.24) is 10.2 Å². The summed E-state index contributed by atoms with van der Waals surface area (Å²) in [5, 5.41) is 13.7. The zero-order valence-electron chi connectivity index (χ0n) is 15.4. The lowest BCUT2D eigenvalue weighted by Crippen LogP contribution is -2.53. The molecule has 1 heterocycles. The second-order valence-corrected chi connectivity index (χ2v) is 8.10. The van der Waals surface area contributed by atoms with Crippen LogP contribution in [0.5, 0.6) is 0 Å². The molecule has 6 nitrogen and oxygen atoms in total. The minimum absolute atomic E-state index is 0.266. The molecule has 1 aromatic rings. The molecular weight excluding hydrogens is 384 g/mol. The van der Waals surface area contributed by atoms with Crippen molar-refractivity contribution < 1.29 is 19.5 Å². The van der Waals surface area contributed by atoms with Gasteiger partial charge in [-0.25, -0.2) is 0 Å².